The molecule has 0 radical (unpaired) electrons. The SMILES string of the molecule is CCCC1CCc2[nH]c3ccc(OCC)cc3c2C1. The number of rotatable bonds is 4. The Kier molecular flexibility index (Phi) is 3.50. The lowest BCUT2D eigenvalue weighted by Gasteiger charge is -2.21. The van der Waals surface area contributed by atoms with E-state index in [-0.39, 0.29) is 0 Å². The summed E-state index contributed by atoms with van der Waals surface area (Å²) >= 11 is 0. The molecule has 2 nitrogen and oxygen atoms in total. The number of nitrogens with one attached hydrogen (secondary N) is 1. The highest BCUT2D eigenvalue weighted by Gasteiger charge is 2.22. The summed E-state index contributed by atoms with van der Waals surface area (Å²) in [5.41, 5.74) is 4.27. The van der Waals surface area contributed by atoms with Crippen LogP contribution in [0.1, 0.15) is 44.4 Å². The van der Waals surface area contributed by atoms with Gasteiger partial charge in [0.25, 0.3) is 0 Å². The molecular weight excluding hydrogens is 234 g/mol. The molecule has 1 heterocycles. The van der Waals surface area contributed by atoms with E-state index in [9.17, 15) is 0 Å². The van der Waals surface area contributed by atoms with Crippen LogP contribution >= 0.6 is 0 Å². The maximum Gasteiger partial charge on any atom is 0.120 e. The molecule has 0 saturated carbocycles. The monoisotopic (exact) mass is 257 g/mol. The van der Waals surface area contributed by atoms with Gasteiger partial charge in [-0.2, -0.15) is 0 Å². The van der Waals surface area contributed by atoms with E-state index in [1.807, 2.05) is 6.92 Å². The molecule has 1 aliphatic carbocycles. The molecule has 0 spiro atoms. The van der Waals surface area contributed by atoms with Gasteiger partial charge in [-0.1, -0.05) is 19.8 Å². The van der Waals surface area contributed by atoms with Crippen LogP contribution in [-0.2, 0) is 12.8 Å². The Morgan fingerprint density at radius 3 is 3.00 bits per heavy atom. The molecule has 19 heavy (non-hydrogen) atoms. The van der Waals surface area contributed by atoms with Crippen molar-refractivity contribution in [2.45, 2.75) is 46.0 Å². The molecule has 1 aromatic heterocycles. The zero-order valence-corrected chi connectivity index (χ0v) is 12.0. The molecule has 2 aromatic rings. The second kappa shape index (κ2) is 5.28. The highest BCUT2D eigenvalue weighted by atomic mass is 16.5. The van der Waals surface area contributed by atoms with Crippen LogP contribution in [0.5, 0.6) is 5.75 Å². The molecule has 102 valence electrons. The predicted molar refractivity (Wildman–Crippen MR) is 79.9 cm³/mol. The lowest BCUT2D eigenvalue weighted by molar-refractivity contribution is 0.340. The summed E-state index contributed by atoms with van der Waals surface area (Å²) < 4.78 is 5.63. The minimum Gasteiger partial charge on any atom is -0.494 e. The summed E-state index contributed by atoms with van der Waals surface area (Å²) in [5, 5.41) is 1.38. The van der Waals surface area contributed by atoms with E-state index in [4.69, 9.17) is 4.74 Å². The van der Waals surface area contributed by atoms with Crippen molar-refractivity contribution < 1.29 is 4.74 Å². The van der Waals surface area contributed by atoms with Gasteiger partial charge in [0.05, 0.1) is 6.61 Å². The molecule has 0 fully saturated rings. The smallest absolute Gasteiger partial charge is 0.120 e. The first-order chi connectivity index (χ1) is 9.31. The van der Waals surface area contributed by atoms with Crippen molar-refractivity contribution in [1.29, 1.82) is 0 Å². The van der Waals surface area contributed by atoms with Crippen molar-refractivity contribution in [3.05, 3.63) is 29.5 Å². The molecular formula is C17H23NO. The molecule has 0 saturated heterocycles. The van der Waals surface area contributed by atoms with Gasteiger partial charge < -0.3 is 9.72 Å². The topological polar surface area (TPSA) is 25.0 Å². The van der Waals surface area contributed by atoms with Gasteiger partial charge in [-0.3, -0.25) is 0 Å². The fourth-order valence-corrected chi connectivity index (χ4v) is 3.38. The van der Waals surface area contributed by atoms with E-state index in [1.54, 1.807) is 5.56 Å². The van der Waals surface area contributed by atoms with Gasteiger partial charge in [-0.25, -0.2) is 0 Å². The van der Waals surface area contributed by atoms with E-state index in [0.29, 0.717) is 0 Å². The second-order valence-electron chi connectivity index (χ2n) is 5.62. The minimum absolute atomic E-state index is 0.733. The Morgan fingerprint density at radius 2 is 2.21 bits per heavy atom. The van der Waals surface area contributed by atoms with Crippen molar-refractivity contribution >= 4 is 10.9 Å². The van der Waals surface area contributed by atoms with Crippen molar-refractivity contribution in [3.8, 4) is 5.75 Å². The molecule has 1 aromatic carbocycles. The van der Waals surface area contributed by atoms with Crippen molar-refractivity contribution in [2.75, 3.05) is 6.61 Å². The normalized spacial score (nSPS) is 18.5. The van der Waals surface area contributed by atoms with E-state index >= 15 is 0 Å². The first-order valence-electron chi connectivity index (χ1n) is 7.58. The summed E-state index contributed by atoms with van der Waals surface area (Å²) in [6.45, 7) is 5.06. The molecule has 0 bridgehead atoms. The standard InChI is InChI=1S/C17H23NO/c1-3-5-12-6-8-16-14(10-12)15-11-13(19-4-2)7-9-17(15)18-16/h7,9,11-12,18H,3-6,8,10H2,1-2H3. The van der Waals surface area contributed by atoms with Gasteiger partial charge in [0.1, 0.15) is 5.75 Å². The number of fused-ring (bicyclic) bond motifs is 3. The number of aromatic amines is 1. The van der Waals surface area contributed by atoms with Gasteiger partial charge in [-0.15, -0.1) is 0 Å². The number of hydrogen-bond donors (Lipinski definition) is 1. The third-order valence-electron chi connectivity index (χ3n) is 4.27. The van der Waals surface area contributed by atoms with Crippen LogP contribution in [0.25, 0.3) is 10.9 Å². The number of aromatic nitrogens is 1. The van der Waals surface area contributed by atoms with Crippen LogP contribution < -0.4 is 4.74 Å². The van der Waals surface area contributed by atoms with Gasteiger partial charge in [0, 0.05) is 16.6 Å². The highest BCUT2D eigenvalue weighted by molar-refractivity contribution is 5.86. The van der Waals surface area contributed by atoms with Crippen LogP contribution in [0.2, 0.25) is 0 Å². The Hall–Kier alpha value is -1.44. The van der Waals surface area contributed by atoms with Crippen LogP contribution in [0.15, 0.2) is 18.2 Å². The van der Waals surface area contributed by atoms with E-state index in [0.717, 1.165) is 18.3 Å². The van der Waals surface area contributed by atoms with Crippen LogP contribution in [0.3, 0.4) is 0 Å². The molecule has 1 atom stereocenters. The number of benzene rings is 1. The summed E-state index contributed by atoms with van der Waals surface area (Å²) in [6.07, 6.45) is 6.44. The first-order valence-corrected chi connectivity index (χ1v) is 7.58. The van der Waals surface area contributed by atoms with E-state index < -0.39 is 0 Å². The number of H-pyrrole nitrogens is 1. The average molecular weight is 257 g/mol. The zero-order valence-electron chi connectivity index (χ0n) is 12.0. The van der Waals surface area contributed by atoms with E-state index in [2.05, 4.69) is 30.1 Å². The van der Waals surface area contributed by atoms with Crippen LogP contribution in [0, 0.1) is 5.92 Å². The quantitative estimate of drug-likeness (QED) is 0.858. The third kappa shape index (κ3) is 2.36. The van der Waals surface area contributed by atoms with Crippen LogP contribution in [0.4, 0.5) is 0 Å². The number of aryl methyl sites for hydroxylation is 1. The molecule has 2 heteroatoms. The molecule has 0 amide bonds. The summed E-state index contributed by atoms with van der Waals surface area (Å²) in [6, 6.07) is 6.44. The fourth-order valence-electron chi connectivity index (χ4n) is 3.38. The molecule has 3 rings (SSSR count). The summed E-state index contributed by atoms with van der Waals surface area (Å²) in [7, 11) is 0. The van der Waals surface area contributed by atoms with Gasteiger partial charge in [0.15, 0.2) is 0 Å². The Balaban J connectivity index is 1.98. The maximum absolute atomic E-state index is 5.63. The minimum atomic E-state index is 0.733. The van der Waals surface area contributed by atoms with E-state index in [1.165, 1.54) is 48.7 Å². The predicted octanol–water partition coefficient (Wildman–Crippen LogP) is 4.47. The molecule has 1 unspecified atom stereocenters. The van der Waals surface area contributed by atoms with Gasteiger partial charge in [0.2, 0.25) is 0 Å². The number of hydrogen-bond acceptors (Lipinski definition) is 1. The van der Waals surface area contributed by atoms with Gasteiger partial charge in [-0.05, 0) is 55.9 Å². The first kappa shape index (κ1) is 12.6. The Labute approximate surface area is 115 Å². The second-order valence-corrected chi connectivity index (χ2v) is 5.62. The lowest BCUT2D eigenvalue weighted by Crippen LogP contribution is -2.13. The molecule has 1 aliphatic rings. The van der Waals surface area contributed by atoms with Crippen molar-refractivity contribution in [3.63, 3.8) is 0 Å². The highest BCUT2D eigenvalue weighted by Crippen LogP contribution is 2.35. The Morgan fingerprint density at radius 1 is 1.32 bits per heavy atom. The summed E-state index contributed by atoms with van der Waals surface area (Å²) in [4.78, 5) is 3.59. The maximum atomic E-state index is 5.63. The zero-order chi connectivity index (χ0) is 13.2. The fraction of sp³-hybridized carbons (Fsp3) is 0.529. The van der Waals surface area contributed by atoms with Crippen molar-refractivity contribution in [2.24, 2.45) is 5.92 Å². The van der Waals surface area contributed by atoms with Gasteiger partial charge >= 0.3 is 0 Å². The number of ether oxygens (including phenoxy) is 1. The average Bonchev–Trinajstić information content (AvgIpc) is 2.77. The van der Waals surface area contributed by atoms with Crippen molar-refractivity contribution in [1.82, 2.24) is 4.98 Å². The Bertz CT molecular complexity index is 570. The molecule has 0 aliphatic heterocycles. The molecule has 1 N–H and O–H groups in total. The third-order valence-corrected chi connectivity index (χ3v) is 4.27. The lowest BCUT2D eigenvalue weighted by atomic mass is 9.84. The summed E-state index contributed by atoms with van der Waals surface area (Å²) in [5.74, 6) is 1.86. The largest absolute Gasteiger partial charge is 0.494 e. The van der Waals surface area contributed by atoms with Crippen LogP contribution in [-0.4, -0.2) is 11.6 Å².